The molecule has 6 aromatic carbocycles. The van der Waals surface area contributed by atoms with E-state index < -0.39 is 16.7 Å². The predicted octanol–water partition coefficient (Wildman–Crippen LogP) is 7.00. The van der Waals surface area contributed by atoms with Crippen molar-refractivity contribution in [2.24, 2.45) is 0 Å². The molecule has 0 aliphatic carbocycles. The van der Waals surface area contributed by atoms with Crippen molar-refractivity contribution in [3.05, 3.63) is 133 Å². The molecule has 0 N–H and O–H groups in total. The highest BCUT2D eigenvalue weighted by Crippen LogP contribution is 2.41. The molecule has 0 aromatic heterocycles. The van der Waals surface area contributed by atoms with Crippen LogP contribution in [0, 0.1) is 0 Å². The summed E-state index contributed by atoms with van der Waals surface area (Å²) in [6, 6.07) is 49.4. The lowest BCUT2D eigenvalue weighted by Gasteiger charge is -2.26. The van der Waals surface area contributed by atoms with Gasteiger partial charge in [0.15, 0.2) is 0 Å². The highest BCUT2D eigenvalue weighted by molar-refractivity contribution is 7.80. The number of hydrogen-bond acceptors (Lipinski definition) is 0. The van der Waals surface area contributed by atoms with Crippen LogP contribution >= 0.6 is 7.92 Å². The zero-order valence-corrected chi connectivity index (χ0v) is 23.1. The molecule has 0 amide bonds. The van der Waals surface area contributed by atoms with Crippen LogP contribution in [-0.2, 0) is 0 Å². The van der Waals surface area contributed by atoms with E-state index in [1.165, 1.54) is 53.8 Å². The lowest BCUT2D eigenvalue weighted by Crippen LogP contribution is -2.28. The number of benzene rings is 6. The summed E-state index contributed by atoms with van der Waals surface area (Å²) in [4.78, 5) is 0. The molecular weight excluding hydrogens is 478 g/mol. The smallest absolute Gasteiger partial charge is 0.0671 e. The third-order valence-corrected chi connectivity index (χ3v) is 10.9. The van der Waals surface area contributed by atoms with Crippen molar-refractivity contribution < 1.29 is 0 Å². The lowest BCUT2D eigenvalue weighted by molar-refractivity contribution is 1.71. The summed E-state index contributed by atoms with van der Waals surface area (Å²) >= 11 is 0. The Kier molecular flexibility index (Phi) is 7.42. The average molecular weight is 506 g/mol. The molecule has 0 saturated carbocycles. The van der Waals surface area contributed by atoms with Crippen molar-refractivity contribution in [2.75, 3.05) is 0 Å². The van der Waals surface area contributed by atoms with Gasteiger partial charge in [0.2, 0.25) is 0 Å². The Bertz CT molecular complexity index is 1620. The third kappa shape index (κ3) is 4.68. The second-order valence-electron chi connectivity index (χ2n) is 9.40. The van der Waals surface area contributed by atoms with Crippen LogP contribution in [0.4, 0.5) is 0 Å². The topological polar surface area (TPSA) is 0 Å². The van der Waals surface area contributed by atoms with Gasteiger partial charge in [0.1, 0.15) is 0 Å². The maximum Gasteiger partial charge on any atom is 0.0800 e. The van der Waals surface area contributed by atoms with Gasteiger partial charge in [-0.1, -0.05) is 152 Å². The molecule has 3 heteroatoms. The average Bonchev–Trinajstić information content (AvgIpc) is 2.93. The number of hydrogen-bond donors (Lipinski definition) is 0. The third-order valence-electron chi connectivity index (χ3n) is 6.89. The van der Waals surface area contributed by atoms with Gasteiger partial charge in [0.05, 0.1) is 8.80 Å². The fourth-order valence-electron chi connectivity index (χ4n) is 5.25. The van der Waals surface area contributed by atoms with Gasteiger partial charge in [-0.3, -0.25) is 0 Å². The van der Waals surface area contributed by atoms with Crippen LogP contribution in [0.15, 0.2) is 133 Å². The van der Waals surface area contributed by atoms with Gasteiger partial charge in [-0.2, -0.15) is 0 Å². The fraction of sp³-hybridized carbons (Fsp3) is 0.0588. The monoisotopic (exact) mass is 506 g/mol. The first kappa shape index (κ1) is 25.2. The maximum atomic E-state index is 2.42. The molecule has 0 unspecified atom stereocenters. The van der Waals surface area contributed by atoms with Gasteiger partial charge >= 0.3 is 0 Å². The molecule has 0 fully saturated rings. The molecule has 37 heavy (non-hydrogen) atoms. The first-order chi connectivity index (χ1) is 17.7. The van der Waals surface area contributed by atoms with Crippen molar-refractivity contribution >= 4 is 67.8 Å². The van der Waals surface area contributed by atoms with E-state index in [4.69, 9.17) is 0 Å². The summed E-state index contributed by atoms with van der Waals surface area (Å²) in [6.07, 6.45) is 0. The minimum atomic E-state index is -0.739. The SMILES string of the molecule is C[Si](C)c1ccc2ccccc2c1-c1c(P(c2ccccc2)c2ccccc2)ccc2ccccc12.[B]. The van der Waals surface area contributed by atoms with E-state index in [-0.39, 0.29) is 8.41 Å². The van der Waals surface area contributed by atoms with Crippen LogP contribution in [-0.4, -0.2) is 17.2 Å². The summed E-state index contributed by atoms with van der Waals surface area (Å²) in [5, 5.41) is 11.0. The predicted molar refractivity (Wildman–Crippen MR) is 168 cm³/mol. The molecule has 6 rings (SSSR count). The Hall–Kier alpha value is -3.45. The van der Waals surface area contributed by atoms with Gasteiger partial charge in [0.25, 0.3) is 0 Å². The van der Waals surface area contributed by atoms with E-state index in [0.29, 0.717) is 0 Å². The molecule has 0 atom stereocenters. The molecule has 0 aliphatic rings. The largest absolute Gasteiger partial charge is 0.0800 e. The van der Waals surface area contributed by atoms with Gasteiger partial charge < -0.3 is 0 Å². The Labute approximate surface area is 224 Å². The highest BCUT2D eigenvalue weighted by Gasteiger charge is 2.25. The molecule has 4 radical (unpaired) electrons. The number of fused-ring (bicyclic) bond motifs is 2. The van der Waals surface area contributed by atoms with Crippen LogP contribution in [0.2, 0.25) is 13.1 Å². The summed E-state index contributed by atoms with van der Waals surface area (Å²) in [5.41, 5.74) is 2.84. The van der Waals surface area contributed by atoms with E-state index in [2.05, 4.69) is 147 Å². The van der Waals surface area contributed by atoms with Crippen molar-refractivity contribution in [2.45, 2.75) is 13.1 Å². The first-order valence-electron chi connectivity index (χ1n) is 12.5. The van der Waals surface area contributed by atoms with Crippen molar-refractivity contribution in [1.29, 1.82) is 0 Å². The molecule has 0 aliphatic heterocycles. The zero-order chi connectivity index (χ0) is 24.5. The van der Waals surface area contributed by atoms with Gasteiger partial charge in [-0.05, 0) is 56.5 Å². The Morgan fingerprint density at radius 3 is 1.46 bits per heavy atom. The molecule has 0 spiro atoms. The van der Waals surface area contributed by atoms with E-state index in [0.717, 1.165) is 0 Å². The van der Waals surface area contributed by atoms with Gasteiger partial charge in [0, 0.05) is 8.41 Å². The van der Waals surface area contributed by atoms with Crippen LogP contribution in [0.3, 0.4) is 0 Å². The van der Waals surface area contributed by atoms with E-state index in [1.807, 2.05) is 0 Å². The van der Waals surface area contributed by atoms with Crippen molar-refractivity contribution in [3.63, 3.8) is 0 Å². The van der Waals surface area contributed by atoms with Crippen molar-refractivity contribution in [3.8, 4) is 11.1 Å². The normalized spacial score (nSPS) is 11.2. The van der Waals surface area contributed by atoms with Crippen molar-refractivity contribution in [1.82, 2.24) is 0 Å². The molecule has 0 heterocycles. The molecule has 176 valence electrons. The molecular formula is C34H28BPSi. The minimum absolute atomic E-state index is 0. The van der Waals surface area contributed by atoms with Crippen LogP contribution in [0.1, 0.15) is 0 Å². The fourth-order valence-corrected chi connectivity index (χ4v) is 8.90. The van der Waals surface area contributed by atoms with Crippen LogP contribution in [0.25, 0.3) is 32.7 Å². The standard InChI is InChI=1S/C34H28PSi.B/c1-36(2)32-24-22-26-14-10-12-20-30(26)34(32)33-29-19-11-9-13-25(29)21-23-31(33)35(27-15-5-3-6-16-27)28-17-7-4-8-18-28;/h3-24H,1-2H3;. The Morgan fingerprint density at radius 1 is 0.459 bits per heavy atom. The lowest BCUT2D eigenvalue weighted by atomic mass is 9.93. The summed E-state index contributed by atoms with van der Waals surface area (Å²) in [7, 11) is -1.45. The quantitative estimate of drug-likeness (QED) is 0.175. The van der Waals surface area contributed by atoms with Crippen LogP contribution < -0.4 is 21.1 Å². The van der Waals surface area contributed by atoms with Crippen LogP contribution in [0.5, 0.6) is 0 Å². The van der Waals surface area contributed by atoms with E-state index in [1.54, 1.807) is 0 Å². The van der Waals surface area contributed by atoms with Gasteiger partial charge in [-0.15, -0.1) is 0 Å². The number of rotatable bonds is 5. The van der Waals surface area contributed by atoms with E-state index >= 15 is 0 Å². The van der Waals surface area contributed by atoms with Gasteiger partial charge in [-0.25, -0.2) is 0 Å². The summed E-state index contributed by atoms with van der Waals surface area (Å²) in [5.74, 6) is 0. The molecule has 0 saturated heterocycles. The summed E-state index contributed by atoms with van der Waals surface area (Å²) < 4.78 is 0. The second-order valence-corrected chi connectivity index (χ2v) is 14.1. The molecule has 0 nitrogen and oxygen atoms in total. The van der Waals surface area contributed by atoms with E-state index in [9.17, 15) is 0 Å². The Morgan fingerprint density at radius 2 is 0.919 bits per heavy atom. The molecule has 0 bridgehead atoms. The minimum Gasteiger partial charge on any atom is -0.0671 e. The summed E-state index contributed by atoms with van der Waals surface area (Å²) in [6.45, 7) is 4.83. The maximum absolute atomic E-state index is 2.42. The zero-order valence-electron chi connectivity index (χ0n) is 21.2. The Balaban J connectivity index is 0.00000280. The molecule has 6 aromatic rings. The first-order valence-corrected chi connectivity index (χ1v) is 16.3. The second kappa shape index (κ2) is 10.9. The highest BCUT2D eigenvalue weighted by atomic mass is 31.1.